The molecule has 2 aromatic rings. The highest BCUT2D eigenvalue weighted by Crippen LogP contribution is 2.30. The molecule has 1 heterocycles. The fourth-order valence-electron chi connectivity index (χ4n) is 1.70. The number of aromatic nitrogens is 3. The average Bonchev–Trinajstić information content (AvgIpc) is 2.38. The number of nitrogens with two attached hydrogens (primary N) is 1. The molecular formula is C11H14N4O4. The zero-order valence-electron chi connectivity index (χ0n) is 10.6. The zero-order valence-corrected chi connectivity index (χ0v) is 10.6. The Morgan fingerprint density at radius 1 is 1.11 bits per heavy atom. The highest BCUT2D eigenvalue weighted by atomic mass is 16.5. The van der Waals surface area contributed by atoms with Crippen molar-refractivity contribution in [3.05, 3.63) is 22.5 Å². The number of rotatable bonds is 4. The molecule has 102 valence electrons. The first-order valence-corrected chi connectivity index (χ1v) is 5.80. The molecule has 0 fully saturated rings. The molecule has 0 aliphatic heterocycles. The first-order chi connectivity index (χ1) is 9.08. The van der Waals surface area contributed by atoms with Crippen LogP contribution in [-0.4, -0.2) is 18.3 Å². The molecule has 8 heteroatoms. The Balaban J connectivity index is 2.73. The molecule has 8 nitrogen and oxygen atoms in total. The zero-order chi connectivity index (χ0) is 14.0. The Labute approximate surface area is 109 Å². The first kappa shape index (κ1) is 12.9. The minimum absolute atomic E-state index is 0.0658. The fourth-order valence-corrected chi connectivity index (χ4v) is 1.70. The van der Waals surface area contributed by atoms with Crippen LogP contribution in [0.5, 0.6) is 11.5 Å². The van der Waals surface area contributed by atoms with Crippen molar-refractivity contribution in [1.29, 1.82) is 0 Å². The van der Waals surface area contributed by atoms with Gasteiger partial charge in [-0.1, -0.05) is 0 Å². The number of benzene rings is 1. The maximum atomic E-state index is 11.8. The lowest BCUT2D eigenvalue weighted by molar-refractivity contribution is -0.672. The van der Waals surface area contributed by atoms with Crippen LogP contribution in [0.1, 0.15) is 13.8 Å². The van der Waals surface area contributed by atoms with Crippen LogP contribution in [0.2, 0.25) is 0 Å². The van der Waals surface area contributed by atoms with Crippen molar-refractivity contribution < 1.29 is 19.0 Å². The van der Waals surface area contributed by atoms with E-state index in [4.69, 9.17) is 15.2 Å². The minimum Gasteiger partial charge on any atom is -0.739 e. The van der Waals surface area contributed by atoms with Gasteiger partial charge >= 0.3 is 11.5 Å². The van der Waals surface area contributed by atoms with Crippen molar-refractivity contribution >= 4 is 17.0 Å². The fraction of sp³-hybridized carbons (Fsp3) is 0.364. The predicted molar refractivity (Wildman–Crippen MR) is 66.4 cm³/mol. The second-order valence-electron chi connectivity index (χ2n) is 3.68. The first-order valence-electron chi connectivity index (χ1n) is 5.80. The van der Waals surface area contributed by atoms with Gasteiger partial charge in [-0.05, 0) is 13.8 Å². The molecule has 0 saturated heterocycles. The number of ether oxygens (including phenoxy) is 2. The Morgan fingerprint density at radius 3 is 2.16 bits per heavy atom. The number of hydrogen-bond acceptors (Lipinski definition) is 6. The standard InChI is InChI=1S/C11H14N4O4/c1-3-18-9-5-7-8(6-10(9)19-4-2)15(17)13-11(12)14(7)16/h5-6H,3-4H2,1-2H3,(H2,12,13). The largest absolute Gasteiger partial charge is 0.739 e. The second-order valence-corrected chi connectivity index (χ2v) is 3.68. The smallest absolute Gasteiger partial charge is 0.458 e. The third kappa shape index (κ3) is 2.24. The topological polar surface area (TPSA) is 111 Å². The van der Waals surface area contributed by atoms with E-state index in [1.54, 1.807) is 13.8 Å². The van der Waals surface area contributed by atoms with E-state index in [2.05, 4.69) is 5.10 Å². The lowest BCUT2D eigenvalue weighted by Gasteiger charge is -2.13. The van der Waals surface area contributed by atoms with Crippen molar-refractivity contribution in [3.63, 3.8) is 0 Å². The third-order valence-electron chi connectivity index (χ3n) is 2.47. The summed E-state index contributed by atoms with van der Waals surface area (Å²) in [5.74, 6) is 0.342. The predicted octanol–water partition coefficient (Wildman–Crippen LogP) is -0.119. The molecule has 0 aliphatic carbocycles. The van der Waals surface area contributed by atoms with Gasteiger partial charge in [0.2, 0.25) is 5.10 Å². The lowest BCUT2D eigenvalue weighted by atomic mass is 10.2. The van der Waals surface area contributed by atoms with Gasteiger partial charge in [-0.2, -0.15) is 0 Å². The molecule has 19 heavy (non-hydrogen) atoms. The van der Waals surface area contributed by atoms with Crippen molar-refractivity contribution in [1.82, 2.24) is 5.10 Å². The van der Waals surface area contributed by atoms with Gasteiger partial charge in [0.05, 0.1) is 19.3 Å². The Bertz CT molecular complexity index is 617. The number of nitrogens with zero attached hydrogens (tertiary/aromatic N) is 3. The summed E-state index contributed by atoms with van der Waals surface area (Å²) in [7, 11) is 0. The molecule has 0 radical (unpaired) electrons. The number of hydrogen-bond donors (Lipinski definition) is 1. The van der Waals surface area contributed by atoms with Gasteiger partial charge < -0.3 is 19.9 Å². The molecule has 0 spiro atoms. The van der Waals surface area contributed by atoms with Gasteiger partial charge in [0.25, 0.3) is 0 Å². The highest BCUT2D eigenvalue weighted by molar-refractivity contribution is 5.73. The summed E-state index contributed by atoms with van der Waals surface area (Å²) in [5.41, 5.74) is 5.50. The lowest BCUT2D eigenvalue weighted by Crippen LogP contribution is -2.44. The monoisotopic (exact) mass is 266 g/mol. The molecule has 2 rings (SSSR count). The average molecular weight is 266 g/mol. The van der Waals surface area contributed by atoms with E-state index in [0.717, 1.165) is 0 Å². The number of fused-ring (bicyclic) bond motifs is 1. The van der Waals surface area contributed by atoms with Crippen LogP contribution in [-0.2, 0) is 0 Å². The highest BCUT2D eigenvalue weighted by Gasteiger charge is 2.21. The van der Waals surface area contributed by atoms with E-state index >= 15 is 0 Å². The summed E-state index contributed by atoms with van der Waals surface area (Å²) in [6.45, 7) is 4.42. The van der Waals surface area contributed by atoms with Gasteiger partial charge in [0.1, 0.15) is 0 Å². The maximum absolute atomic E-state index is 11.8. The molecule has 0 unspecified atom stereocenters. The molecule has 1 aromatic heterocycles. The summed E-state index contributed by atoms with van der Waals surface area (Å²) < 4.78 is 11.1. The Hall–Kier alpha value is -2.51. The van der Waals surface area contributed by atoms with Crippen LogP contribution in [0.25, 0.3) is 11.0 Å². The van der Waals surface area contributed by atoms with E-state index in [9.17, 15) is 10.4 Å². The minimum atomic E-state index is -0.422. The molecule has 0 aliphatic rings. The summed E-state index contributed by atoms with van der Waals surface area (Å²) in [6, 6.07) is 2.83. The van der Waals surface area contributed by atoms with Crippen molar-refractivity contribution in [2.75, 3.05) is 18.9 Å². The Morgan fingerprint density at radius 2 is 1.63 bits per heavy atom. The normalized spacial score (nSPS) is 10.6. The van der Waals surface area contributed by atoms with E-state index in [-0.39, 0.29) is 15.9 Å². The van der Waals surface area contributed by atoms with Gasteiger partial charge in [0, 0.05) is 10.9 Å². The van der Waals surface area contributed by atoms with Crippen LogP contribution < -0.4 is 24.8 Å². The van der Waals surface area contributed by atoms with E-state index in [1.807, 2.05) is 0 Å². The van der Waals surface area contributed by atoms with Crippen LogP contribution >= 0.6 is 0 Å². The number of anilines is 1. The summed E-state index contributed by atoms with van der Waals surface area (Å²) in [6.07, 6.45) is 0. The van der Waals surface area contributed by atoms with Gasteiger partial charge in [-0.3, -0.25) is 5.73 Å². The number of nitrogen functional groups attached to an aromatic ring is 1. The third-order valence-corrected chi connectivity index (χ3v) is 2.47. The summed E-state index contributed by atoms with van der Waals surface area (Å²) in [4.78, 5) is 0.289. The van der Waals surface area contributed by atoms with Crippen LogP contribution in [0.3, 0.4) is 0 Å². The molecular weight excluding hydrogens is 252 g/mol. The van der Waals surface area contributed by atoms with E-state index in [1.165, 1.54) is 12.1 Å². The van der Waals surface area contributed by atoms with Gasteiger partial charge in [-0.15, -0.1) is 0 Å². The van der Waals surface area contributed by atoms with Gasteiger partial charge in [-0.25, -0.2) is 4.73 Å². The molecule has 0 amide bonds. The SMILES string of the molecule is CCOc1cc2c(cc1OCC)[n+]([O-])c(N)n[n+]2[O-]. The molecule has 2 N–H and O–H groups in total. The van der Waals surface area contributed by atoms with Gasteiger partial charge in [0.15, 0.2) is 17.0 Å². The molecule has 0 atom stereocenters. The van der Waals surface area contributed by atoms with E-state index < -0.39 is 5.95 Å². The second kappa shape index (κ2) is 5.01. The van der Waals surface area contributed by atoms with Crippen LogP contribution in [0, 0.1) is 10.4 Å². The molecule has 0 bridgehead atoms. The van der Waals surface area contributed by atoms with Crippen LogP contribution in [0.4, 0.5) is 5.95 Å². The Kier molecular flexibility index (Phi) is 3.41. The van der Waals surface area contributed by atoms with E-state index in [0.29, 0.717) is 29.4 Å². The maximum Gasteiger partial charge on any atom is 0.458 e. The molecule has 1 aromatic carbocycles. The molecule has 0 saturated carbocycles. The van der Waals surface area contributed by atoms with Crippen molar-refractivity contribution in [3.8, 4) is 11.5 Å². The summed E-state index contributed by atoms with van der Waals surface area (Å²) in [5, 5.41) is 26.8. The van der Waals surface area contributed by atoms with Crippen molar-refractivity contribution in [2.45, 2.75) is 13.8 Å². The summed E-state index contributed by atoms with van der Waals surface area (Å²) >= 11 is 0. The quantitative estimate of drug-likeness (QED) is 0.610. The van der Waals surface area contributed by atoms with Crippen LogP contribution in [0.15, 0.2) is 12.1 Å². The van der Waals surface area contributed by atoms with Crippen molar-refractivity contribution in [2.24, 2.45) is 0 Å².